The van der Waals surface area contributed by atoms with E-state index in [1.165, 1.54) is 11.8 Å². The lowest BCUT2D eigenvalue weighted by Crippen LogP contribution is -2.30. The Morgan fingerprint density at radius 2 is 1.84 bits per heavy atom. The van der Waals surface area contributed by atoms with E-state index in [0.29, 0.717) is 62.6 Å². The second-order valence-corrected chi connectivity index (χ2v) is 9.91. The maximum Gasteiger partial charge on any atom is 0.338 e. The Labute approximate surface area is 231 Å². The van der Waals surface area contributed by atoms with E-state index in [9.17, 15) is 4.79 Å². The summed E-state index contributed by atoms with van der Waals surface area (Å²) in [5.74, 6) is 2.06. The summed E-state index contributed by atoms with van der Waals surface area (Å²) in [6.07, 6.45) is 1.69. The molecule has 0 saturated carbocycles. The lowest BCUT2D eigenvalue weighted by molar-refractivity contribution is -0.139. The highest BCUT2D eigenvalue weighted by atomic mass is 35.5. The van der Waals surface area contributed by atoms with Gasteiger partial charge in [-0.15, -0.1) is 5.10 Å². The van der Waals surface area contributed by atoms with Crippen molar-refractivity contribution in [2.75, 3.05) is 33.3 Å². The molecule has 1 unspecified atom stereocenters. The van der Waals surface area contributed by atoms with Crippen LogP contribution in [0.25, 0.3) is 0 Å². The number of thioether (sulfide) groups is 1. The molecular weight excluding hydrogens is 528 g/mol. The van der Waals surface area contributed by atoms with E-state index in [-0.39, 0.29) is 0 Å². The summed E-state index contributed by atoms with van der Waals surface area (Å²) in [5, 5.41) is 9.24. The van der Waals surface area contributed by atoms with Crippen molar-refractivity contribution in [1.82, 2.24) is 14.8 Å². The zero-order chi connectivity index (χ0) is 27.2. The summed E-state index contributed by atoms with van der Waals surface area (Å²) in [5.41, 5.74) is 2.75. The van der Waals surface area contributed by atoms with E-state index in [1.54, 1.807) is 26.0 Å². The van der Waals surface area contributed by atoms with Crippen LogP contribution in [0.1, 0.15) is 43.9 Å². The van der Waals surface area contributed by atoms with Gasteiger partial charge in [0.15, 0.2) is 11.5 Å². The standard InChI is InChI=1S/C27H31ClN4O5S/c1-6-7-12-37-25(33)22-16(2)29-26-30-27(38-15-17-10-8-9-11-19(17)28)31-32(26)23(22)18-13-20(34-3)24(36-5)21(14-18)35-4/h8-11,13-14,23H,6-7,12,15H2,1-5H3,(H,29,30,31). The highest BCUT2D eigenvalue weighted by Crippen LogP contribution is 2.44. The first-order valence-electron chi connectivity index (χ1n) is 12.2. The van der Waals surface area contributed by atoms with Crippen LogP contribution in [0.2, 0.25) is 5.02 Å². The fourth-order valence-corrected chi connectivity index (χ4v) is 5.28. The fourth-order valence-electron chi connectivity index (χ4n) is 4.17. The van der Waals surface area contributed by atoms with Gasteiger partial charge in [0.25, 0.3) is 0 Å². The smallest absolute Gasteiger partial charge is 0.338 e. The molecule has 4 rings (SSSR count). The molecule has 1 atom stereocenters. The van der Waals surface area contributed by atoms with E-state index >= 15 is 0 Å². The number of nitrogens with zero attached hydrogens (tertiary/aromatic N) is 3. The first-order valence-corrected chi connectivity index (χ1v) is 13.6. The molecule has 0 fully saturated rings. The Bertz CT molecular complexity index is 1320. The molecule has 1 aromatic heterocycles. The van der Waals surface area contributed by atoms with Crippen LogP contribution in [-0.2, 0) is 15.3 Å². The van der Waals surface area contributed by atoms with Crippen LogP contribution in [0.15, 0.2) is 52.8 Å². The minimum absolute atomic E-state index is 0.331. The fraction of sp³-hybridized carbons (Fsp3) is 0.370. The third-order valence-corrected chi connectivity index (χ3v) is 7.36. The number of carbonyl (C=O) groups is 1. The average Bonchev–Trinajstić information content (AvgIpc) is 3.33. The maximum atomic E-state index is 13.4. The van der Waals surface area contributed by atoms with E-state index in [1.807, 2.05) is 50.2 Å². The Balaban J connectivity index is 1.77. The van der Waals surface area contributed by atoms with Crippen LogP contribution in [0.5, 0.6) is 17.2 Å². The molecule has 38 heavy (non-hydrogen) atoms. The monoisotopic (exact) mass is 558 g/mol. The van der Waals surface area contributed by atoms with Gasteiger partial charge in [-0.2, -0.15) is 4.98 Å². The number of benzene rings is 2. The molecule has 202 valence electrons. The molecule has 9 nitrogen and oxygen atoms in total. The third kappa shape index (κ3) is 5.71. The summed E-state index contributed by atoms with van der Waals surface area (Å²) in [4.78, 5) is 18.1. The van der Waals surface area contributed by atoms with Crippen molar-refractivity contribution in [3.63, 3.8) is 0 Å². The van der Waals surface area contributed by atoms with Crippen molar-refractivity contribution < 1.29 is 23.7 Å². The predicted octanol–water partition coefficient (Wildman–Crippen LogP) is 5.88. The number of halogens is 1. The van der Waals surface area contributed by atoms with Crippen molar-refractivity contribution in [1.29, 1.82) is 0 Å². The van der Waals surface area contributed by atoms with E-state index in [0.717, 1.165) is 18.4 Å². The molecule has 0 bridgehead atoms. The number of anilines is 1. The van der Waals surface area contributed by atoms with Gasteiger partial charge in [-0.3, -0.25) is 0 Å². The van der Waals surface area contributed by atoms with Crippen molar-refractivity contribution in [3.8, 4) is 17.2 Å². The second kappa shape index (κ2) is 12.4. The number of unbranched alkanes of at least 4 members (excludes halogenated alkanes) is 1. The summed E-state index contributed by atoms with van der Waals surface area (Å²) < 4.78 is 24.0. The topological polar surface area (TPSA) is 96.7 Å². The summed E-state index contributed by atoms with van der Waals surface area (Å²) >= 11 is 7.79. The van der Waals surface area contributed by atoms with Crippen molar-refractivity contribution >= 4 is 35.3 Å². The van der Waals surface area contributed by atoms with Gasteiger partial charge in [-0.25, -0.2) is 9.48 Å². The number of hydrogen-bond donors (Lipinski definition) is 1. The SMILES string of the molecule is CCCCOC(=O)C1=C(C)Nc2nc(SCc3ccccc3Cl)nn2C1c1cc(OC)c(OC)c(OC)c1. The molecule has 11 heteroatoms. The van der Waals surface area contributed by atoms with Gasteiger partial charge in [-0.05, 0) is 42.7 Å². The van der Waals surface area contributed by atoms with Crippen molar-refractivity contribution in [2.24, 2.45) is 0 Å². The van der Waals surface area contributed by atoms with Crippen LogP contribution < -0.4 is 19.5 Å². The Morgan fingerprint density at radius 3 is 2.47 bits per heavy atom. The molecule has 3 aromatic rings. The minimum Gasteiger partial charge on any atom is -0.493 e. The molecule has 0 aliphatic carbocycles. The predicted molar refractivity (Wildman–Crippen MR) is 147 cm³/mol. The zero-order valence-corrected chi connectivity index (χ0v) is 23.6. The van der Waals surface area contributed by atoms with E-state index < -0.39 is 12.0 Å². The quantitative estimate of drug-likeness (QED) is 0.176. The number of nitrogens with one attached hydrogen (secondary N) is 1. The summed E-state index contributed by atoms with van der Waals surface area (Å²) in [7, 11) is 4.65. The normalized spacial score (nSPS) is 14.5. The molecule has 1 aliphatic heterocycles. The molecule has 2 aromatic carbocycles. The highest BCUT2D eigenvalue weighted by molar-refractivity contribution is 7.98. The van der Waals surface area contributed by atoms with Gasteiger partial charge >= 0.3 is 5.97 Å². The van der Waals surface area contributed by atoms with Crippen LogP contribution in [0.4, 0.5) is 5.95 Å². The van der Waals surface area contributed by atoms with Crippen LogP contribution >= 0.6 is 23.4 Å². The van der Waals surface area contributed by atoms with Gasteiger partial charge in [0, 0.05) is 16.5 Å². The number of fused-ring (bicyclic) bond motifs is 1. The number of methoxy groups -OCH3 is 3. The van der Waals surface area contributed by atoms with Gasteiger partial charge < -0.3 is 24.3 Å². The molecule has 1 aliphatic rings. The van der Waals surface area contributed by atoms with Crippen LogP contribution in [0, 0.1) is 0 Å². The highest BCUT2D eigenvalue weighted by Gasteiger charge is 2.36. The number of carbonyl (C=O) groups excluding carboxylic acids is 1. The lowest BCUT2D eigenvalue weighted by atomic mass is 9.95. The Kier molecular flexibility index (Phi) is 9.06. The Hall–Kier alpha value is -3.37. The number of esters is 1. The number of hydrogen-bond acceptors (Lipinski definition) is 9. The molecule has 1 N–H and O–H groups in total. The third-order valence-electron chi connectivity index (χ3n) is 6.10. The first-order chi connectivity index (χ1) is 18.4. The molecule has 0 spiro atoms. The number of allylic oxidation sites excluding steroid dienone is 1. The van der Waals surface area contributed by atoms with Crippen LogP contribution in [0.3, 0.4) is 0 Å². The maximum absolute atomic E-state index is 13.4. The number of aromatic nitrogens is 3. The largest absolute Gasteiger partial charge is 0.493 e. The van der Waals surface area contributed by atoms with Gasteiger partial charge in [0.2, 0.25) is 16.9 Å². The van der Waals surface area contributed by atoms with Crippen molar-refractivity contribution in [3.05, 3.63) is 63.8 Å². The number of rotatable bonds is 11. The second-order valence-electron chi connectivity index (χ2n) is 8.56. The van der Waals surface area contributed by atoms with E-state index in [2.05, 4.69) is 5.32 Å². The molecular formula is C27H31ClN4O5S. The number of ether oxygens (including phenoxy) is 4. The molecule has 0 radical (unpaired) electrons. The van der Waals surface area contributed by atoms with E-state index in [4.69, 9.17) is 40.6 Å². The Morgan fingerprint density at radius 1 is 1.13 bits per heavy atom. The van der Waals surface area contributed by atoms with Crippen molar-refractivity contribution in [2.45, 2.75) is 43.6 Å². The van der Waals surface area contributed by atoms with Gasteiger partial charge in [0.05, 0.1) is 33.5 Å². The molecule has 2 heterocycles. The van der Waals surface area contributed by atoms with Gasteiger partial charge in [-0.1, -0.05) is 54.9 Å². The summed E-state index contributed by atoms with van der Waals surface area (Å²) in [6.45, 7) is 4.20. The molecule has 0 amide bonds. The van der Waals surface area contributed by atoms with Gasteiger partial charge in [0.1, 0.15) is 6.04 Å². The summed E-state index contributed by atoms with van der Waals surface area (Å²) in [6, 6.07) is 10.6. The molecule has 0 saturated heterocycles. The average molecular weight is 559 g/mol. The van der Waals surface area contributed by atoms with Crippen LogP contribution in [-0.4, -0.2) is 48.7 Å². The lowest BCUT2D eigenvalue weighted by Gasteiger charge is -2.29. The zero-order valence-electron chi connectivity index (χ0n) is 22.0. The minimum atomic E-state index is -0.642. The first kappa shape index (κ1) is 27.7.